The van der Waals surface area contributed by atoms with Gasteiger partial charge in [-0.25, -0.2) is 0 Å². The number of likely N-dealkylation sites (tertiary alicyclic amines) is 1. The van der Waals surface area contributed by atoms with Crippen molar-refractivity contribution in [3.8, 4) is 0 Å². The van der Waals surface area contributed by atoms with Gasteiger partial charge in [0.05, 0.1) is 5.69 Å². The number of hydrogen-bond donors (Lipinski definition) is 1. The largest absolute Gasteiger partial charge is 0.404 e. The summed E-state index contributed by atoms with van der Waals surface area (Å²) in [6.45, 7) is 0.363. The highest BCUT2D eigenvalue weighted by Crippen LogP contribution is 2.14. The van der Waals surface area contributed by atoms with Gasteiger partial charge in [0.1, 0.15) is 0 Å². The van der Waals surface area contributed by atoms with Gasteiger partial charge in [0, 0.05) is 25.6 Å². The zero-order valence-electron chi connectivity index (χ0n) is 11.9. The van der Waals surface area contributed by atoms with Crippen LogP contribution in [-0.2, 0) is 9.59 Å². The molecule has 1 aromatic carbocycles. The average molecular weight is 285 g/mol. The molecule has 0 aromatic heterocycles. The van der Waals surface area contributed by atoms with Gasteiger partial charge < -0.3 is 5.73 Å². The Bertz CT molecular complexity index is 548. The van der Waals surface area contributed by atoms with Gasteiger partial charge in [-0.05, 0) is 36.7 Å². The van der Waals surface area contributed by atoms with E-state index in [0.29, 0.717) is 32.2 Å². The Balaban J connectivity index is 1.92. The Kier molecular flexibility index (Phi) is 5.26. The van der Waals surface area contributed by atoms with Crippen molar-refractivity contribution in [2.45, 2.75) is 25.7 Å². The lowest BCUT2D eigenvalue weighted by Gasteiger charge is -2.24. The Morgan fingerprint density at radius 3 is 2.48 bits per heavy atom. The Morgan fingerprint density at radius 2 is 1.86 bits per heavy atom. The summed E-state index contributed by atoms with van der Waals surface area (Å²) in [5, 5.41) is 0. The lowest BCUT2D eigenvalue weighted by Crippen LogP contribution is -2.40. The summed E-state index contributed by atoms with van der Waals surface area (Å²) in [4.78, 5) is 29.1. The minimum absolute atomic E-state index is 0.0948. The molecule has 0 unspecified atom stereocenters. The number of amides is 2. The maximum absolute atomic E-state index is 11.7. The van der Waals surface area contributed by atoms with E-state index < -0.39 is 0 Å². The van der Waals surface area contributed by atoms with Gasteiger partial charge in [0.2, 0.25) is 11.8 Å². The molecule has 5 heteroatoms. The molecule has 5 nitrogen and oxygen atoms in total. The van der Waals surface area contributed by atoms with Gasteiger partial charge in [-0.15, -0.1) is 0 Å². The van der Waals surface area contributed by atoms with Crippen molar-refractivity contribution in [3.63, 3.8) is 0 Å². The smallest absolute Gasteiger partial charge is 0.229 e. The van der Waals surface area contributed by atoms with Crippen molar-refractivity contribution in [2.24, 2.45) is 10.7 Å². The molecule has 0 radical (unpaired) electrons. The topological polar surface area (TPSA) is 75.8 Å². The number of hydrogen-bond acceptors (Lipinski definition) is 4. The molecule has 110 valence electrons. The molecule has 0 saturated carbocycles. The van der Waals surface area contributed by atoms with E-state index in [2.05, 4.69) is 4.99 Å². The summed E-state index contributed by atoms with van der Waals surface area (Å²) in [7, 11) is 0. The molecule has 0 spiro atoms. The van der Waals surface area contributed by atoms with Gasteiger partial charge >= 0.3 is 0 Å². The van der Waals surface area contributed by atoms with Gasteiger partial charge in [0.25, 0.3) is 0 Å². The van der Waals surface area contributed by atoms with Gasteiger partial charge in [-0.2, -0.15) is 0 Å². The molecule has 1 aromatic rings. The van der Waals surface area contributed by atoms with Crippen LogP contribution < -0.4 is 5.73 Å². The van der Waals surface area contributed by atoms with Crippen LogP contribution in [0.25, 0.3) is 0 Å². The second-order valence-electron chi connectivity index (χ2n) is 4.88. The molecule has 1 heterocycles. The summed E-state index contributed by atoms with van der Waals surface area (Å²) < 4.78 is 0. The molecule has 21 heavy (non-hydrogen) atoms. The van der Waals surface area contributed by atoms with Gasteiger partial charge in [-0.3, -0.25) is 19.5 Å². The fourth-order valence-electron chi connectivity index (χ4n) is 2.15. The summed E-state index contributed by atoms with van der Waals surface area (Å²) >= 11 is 0. The number of carbonyl (C=O) groups excluding carboxylic acids is 2. The standard InChI is InChI=1S/C16H19N3O2/c17-11-13(12-18-14-5-2-1-3-6-14)9-10-19-15(20)7-4-8-16(19)21/h1-3,5-6,11-12H,4,7-10,17H2. The molecule has 1 fully saturated rings. The molecule has 1 aliphatic rings. The normalized spacial score (nSPS) is 16.8. The number of imide groups is 1. The van der Waals surface area contributed by atoms with E-state index in [4.69, 9.17) is 5.73 Å². The SMILES string of the molecule is NC=C(C=Nc1ccccc1)CCN1C(=O)CCCC1=O. The third-order valence-corrected chi connectivity index (χ3v) is 3.36. The third kappa shape index (κ3) is 4.27. The van der Waals surface area contributed by atoms with Crippen LogP contribution in [0, 0.1) is 0 Å². The maximum atomic E-state index is 11.7. The molecule has 2 rings (SSSR count). The first-order valence-electron chi connectivity index (χ1n) is 7.04. The van der Waals surface area contributed by atoms with Crippen molar-refractivity contribution in [1.29, 1.82) is 0 Å². The molecule has 1 saturated heterocycles. The van der Waals surface area contributed by atoms with E-state index in [1.165, 1.54) is 11.1 Å². The Labute approximate surface area is 124 Å². The monoisotopic (exact) mass is 285 g/mol. The number of rotatable bonds is 5. The number of piperidine rings is 1. The van der Waals surface area contributed by atoms with E-state index in [-0.39, 0.29) is 11.8 Å². The van der Waals surface area contributed by atoms with Crippen molar-refractivity contribution in [1.82, 2.24) is 4.90 Å². The predicted molar refractivity (Wildman–Crippen MR) is 82.1 cm³/mol. The minimum atomic E-state index is -0.0948. The Hall–Kier alpha value is -2.43. The molecule has 0 aliphatic carbocycles. The van der Waals surface area contributed by atoms with Crippen molar-refractivity contribution >= 4 is 23.7 Å². The highest BCUT2D eigenvalue weighted by Gasteiger charge is 2.25. The van der Waals surface area contributed by atoms with Crippen LogP contribution in [0.2, 0.25) is 0 Å². The number of nitrogens with two attached hydrogens (primary N) is 1. The van der Waals surface area contributed by atoms with E-state index >= 15 is 0 Å². The van der Waals surface area contributed by atoms with E-state index in [9.17, 15) is 9.59 Å². The lowest BCUT2D eigenvalue weighted by atomic mass is 10.1. The number of carbonyl (C=O) groups is 2. The molecular formula is C16H19N3O2. The number of para-hydroxylation sites is 1. The number of nitrogens with zero attached hydrogens (tertiary/aromatic N) is 2. The first-order chi connectivity index (χ1) is 10.2. The molecule has 2 N–H and O–H groups in total. The molecule has 0 bridgehead atoms. The van der Waals surface area contributed by atoms with Crippen LogP contribution in [0.4, 0.5) is 5.69 Å². The fourth-order valence-corrected chi connectivity index (χ4v) is 2.15. The quantitative estimate of drug-likeness (QED) is 0.665. The summed E-state index contributed by atoms with van der Waals surface area (Å²) in [6, 6.07) is 9.52. The Morgan fingerprint density at radius 1 is 1.19 bits per heavy atom. The second kappa shape index (κ2) is 7.38. The zero-order chi connectivity index (χ0) is 15.1. The van der Waals surface area contributed by atoms with E-state index in [1.807, 2.05) is 30.3 Å². The van der Waals surface area contributed by atoms with Crippen molar-refractivity contribution < 1.29 is 9.59 Å². The maximum Gasteiger partial charge on any atom is 0.229 e. The first-order valence-corrected chi connectivity index (χ1v) is 7.04. The highest BCUT2D eigenvalue weighted by molar-refractivity contribution is 5.97. The summed E-state index contributed by atoms with van der Waals surface area (Å²) in [5.41, 5.74) is 7.21. The predicted octanol–water partition coefficient (Wildman–Crippen LogP) is 2.16. The summed E-state index contributed by atoms with van der Waals surface area (Å²) in [5.74, 6) is -0.190. The highest BCUT2D eigenvalue weighted by atomic mass is 16.2. The fraction of sp³-hybridized carbons (Fsp3) is 0.312. The van der Waals surface area contributed by atoms with Crippen LogP contribution in [0.1, 0.15) is 25.7 Å². The molecular weight excluding hydrogens is 266 g/mol. The van der Waals surface area contributed by atoms with E-state index in [1.54, 1.807) is 6.21 Å². The number of aliphatic imine (C=N–C) groups is 1. The van der Waals surface area contributed by atoms with Crippen molar-refractivity contribution in [2.75, 3.05) is 6.54 Å². The van der Waals surface area contributed by atoms with Crippen molar-refractivity contribution in [3.05, 3.63) is 42.1 Å². The van der Waals surface area contributed by atoms with Crippen LogP contribution >= 0.6 is 0 Å². The zero-order valence-corrected chi connectivity index (χ0v) is 11.9. The van der Waals surface area contributed by atoms with E-state index in [0.717, 1.165) is 11.3 Å². The van der Waals surface area contributed by atoms with Crippen LogP contribution in [0.15, 0.2) is 47.1 Å². The molecule has 2 amide bonds. The number of benzene rings is 1. The van der Waals surface area contributed by atoms with Gasteiger partial charge in [0.15, 0.2) is 0 Å². The third-order valence-electron chi connectivity index (χ3n) is 3.36. The molecule has 1 aliphatic heterocycles. The van der Waals surface area contributed by atoms with Gasteiger partial charge in [-0.1, -0.05) is 18.2 Å². The van der Waals surface area contributed by atoms with Crippen LogP contribution in [-0.4, -0.2) is 29.5 Å². The minimum Gasteiger partial charge on any atom is -0.404 e. The van der Waals surface area contributed by atoms with Crippen LogP contribution in [0.5, 0.6) is 0 Å². The second-order valence-corrected chi connectivity index (χ2v) is 4.88. The molecule has 0 atom stereocenters. The van der Waals surface area contributed by atoms with Crippen LogP contribution in [0.3, 0.4) is 0 Å². The first kappa shape index (κ1) is 15.0. The average Bonchev–Trinajstić information content (AvgIpc) is 2.50. The lowest BCUT2D eigenvalue weighted by molar-refractivity contribution is -0.147. The summed E-state index contributed by atoms with van der Waals surface area (Å²) in [6.07, 6.45) is 5.21.